The molecule has 0 saturated carbocycles. The fourth-order valence-electron chi connectivity index (χ4n) is 3.90. The number of benzene rings is 3. The van der Waals surface area contributed by atoms with Crippen LogP contribution < -0.4 is 9.62 Å². The van der Waals surface area contributed by atoms with Gasteiger partial charge in [-0.25, -0.2) is 8.42 Å². The molecule has 0 radical (unpaired) electrons. The molecule has 1 atom stereocenters. The average molecular weight is 577 g/mol. The van der Waals surface area contributed by atoms with E-state index in [0.29, 0.717) is 13.0 Å². The van der Waals surface area contributed by atoms with Gasteiger partial charge < -0.3 is 10.2 Å². The summed E-state index contributed by atoms with van der Waals surface area (Å²) < 4.78 is 28.4. The minimum atomic E-state index is -4.18. The molecule has 3 aromatic rings. The second-order valence-electron chi connectivity index (χ2n) is 8.74. The zero-order valence-corrected chi connectivity index (χ0v) is 23.6. The molecule has 0 aromatic heterocycles. The van der Waals surface area contributed by atoms with Gasteiger partial charge in [-0.2, -0.15) is 0 Å². The Balaban J connectivity index is 1.98. The van der Waals surface area contributed by atoms with E-state index < -0.39 is 28.5 Å². The Labute approximate surface area is 234 Å². The molecule has 2 amide bonds. The van der Waals surface area contributed by atoms with Crippen LogP contribution in [0.5, 0.6) is 0 Å². The molecule has 0 spiro atoms. The molecular weight excluding hydrogens is 545 g/mol. The van der Waals surface area contributed by atoms with Crippen molar-refractivity contribution in [1.29, 1.82) is 0 Å². The number of anilines is 1. The quantitative estimate of drug-likeness (QED) is 0.322. The maximum Gasteiger partial charge on any atom is 0.264 e. The zero-order valence-electron chi connectivity index (χ0n) is 21.3. The summed E-state index contributed by atoms with van der Waals surface area (Å²) in [6, 6.07) is 20.9. The van der Waals surface area contributed by atoms with Crippen molar-refractivity contribution in [3.8, 4) is 0 Å². The highest BCUT2D eigenvalue weighted by Gasteiger charge is 2.32. The van der Waals surface area contributed by atoms with Crippen LogP contribution in [0.4, 0.5) is 5.69 Å². The number of amides is 2. The topological polar surface area (TPSA) is 86.8 Å². The molecule has 3 rings (SSSR count). The standard InChI is InChI=1S/C28H31Cl2N3O4S/c1-3-15-31-28(35)21(2)32(16-14-22-10-6-4-7-11-22)27(34)20-33(25-18-23(29)17-24(30)19-25)38(36,37)26-12-8-5-9-13-26/h4-13,17-19,21H,3,14-16,20H2,1-2H3,(H,31,35)/t21-/m1/s1. The van der Waals surface area contributed by atoms with Crippen molar-refractivity contribution < 1.29 is 18.0 Å². The summed E-state index contributed by atoms with van der Waals surface area (Å²) in [5, 5.41) is 3.27. The first-order valence-corrected chi connectivity index (χ1v) is 14.5. The summed E-state index contributed by atoms with van der Waals surface area (Å²) in [5.41, 5.74) is 1.13. The first kappa shape index (κ1) is 29.5. The molecule has 0 aliphatic carbocycles. The summed E-state index contributed by atoms with van der Waals surface area (Å²) >= 11 is 12.4. The highest BCUT2D eigenvalue weighted by Crippen LogP contribution is 2.30. The Morgan fingerprint density at radius 2 is 1.50 bits per heavy atom. The van der Waals surface area contributed by atoms with Crippen molar-refractivity contribution in [2.75, 3.05) is 23.9 Å². The molecule has 202 valence electrons. The van der Waals surface area contributed by atoms with Crippen LogP contribution in [-0.2, 0) is 26.0 Å². The Kier molecular flexibility index (Phi) is 10.6. The highest BCUT2D eigenvalue weighted by atomic mass is 35.5. The van der Waals surface area contributed by atoms with E-state index in [9.17, 15) is 18.0 Å². The molecule has 0 fully saturated rings. The van der Waals surface area contributed by atoms with Crippen LogP contribution in [0.25, 0.3) is 0 Å². The number of sulfonamides is 1. The number of rotatable bonds is 12. The summed E-state index contributed by atoms with van der Waals surface area (Å²) in [6.45, 7) is 3.72. The summed E-state index contributed by atoms with van der Waals surface area (Å²) in [6.07, 6.45) is 1.24. The number of nitrogens with zero attached hydrogens (tertiary/aromatic N) is 2. The van der Waals surface area contributed by atoms with Crippen LogP contribution in [0.3, 0.4) is 0 Å². The lowest BCUT2D eigenvalue weighted by atomic mass is 10.1. The van der Waals surface area contributed by atoms with Gasteiger partial charge in [0.15, 0.2) is 0 Å². The van der Waals surface area contributed by atoms with Gasteiger partial charge in [0.05, 0.1) is 10.6 Å². The normalized spacial score (nSPS) is 12.0. The summed E-state index contributed by atoms with van der Waals surface area (Å²) in [4.78, 5) is 28.1. The van der Waals surface area contributed by atoms with Crippen LogP contribution in [0, 0.1) is 0 Å². The first-order chi connectivity index (χ1) is 18.1. The van der Waals surface area contributed by atoms with Gasteiger partial charge in [-0.1, -0.05) is 78.7 Å². The van der Waals surface area contributed by atoms with E-state index in [1.54, 1.807) is 25.1 Å². The van der Waals surface area contributed by atoms with E-state index in [0.717, 1.165) is 16.3 Å². The van der Waals surface area contributed by atoms with Crippen LogP contribution in [0.15, 0.2) is 83.8 Å². The molecule has 3 aromatic carbocycles. The predicted molar refractivity (Wildman–Crippen MR) is 152 cm³/mol. The maximum absolute atomic E-state index is 13.8. The van der Waals surface area contributed by atoms with Crippen LogP contribution in [0.2, 0.25) is 10.0 Å². The third-order valence-corrected chi connectivity index (χ3v) is 8.17. The smallest absolute Gasteiger partial charge is 0.264 e. The third-order valence-electron chi connectivity index (χ3n) is 5.95. The largest absolute Gasteiger partial charge is 0.354 e. The van der Waals surface area contributed by atoms with E-state index in [-0.39, 0.29) is 33.1 Å². The highest BCUT2D eigenvalue weighted by molar-refractivity contribution is 7.92. The van der Waals surface area contributed by atoms with E-state index >= 15 is 0 Å². The molecule has 0 saturated heterocycles. The van der Waals surface area contributed by atoms with Gasteiger partial charge in [0, 0.05) is 23.1 Å². The van der Waals surface area contributed by atoms with Gasteiger partial charge in [0.1, 0.15) is 12.6 Å². The lowest BCUT2D eigenvalue weighted by molar-refractivity contribution is -0.138. The van der Waals surface area contributed by atoms with Crippen LogP contribution >= 0.6 is 23.2 Å². The molecule has 38 heavy (non-hydrogen) atoms. The molecule has 0 bridgehead atoms. The van der Waals surface area contributed by atoms with Crippen molar-refractivity contribution >= 4 is 50.7 Å². The van der Waals surface area contributed by atoms with Crippen molar-refractivity contribution in [1.82, 2.24) is 10.2 Å². The van der Waals surface area contributed by atoms with Gasteiger partial charge in [0.2, 0.25) is 11.8 Å². The number of hydrogen-bond donors (Lipinski definition) is 1. The second-order valence-corrected chi connectivity index (χ2v) is 11.5. The van der Waals surface area contributed by atoms with Gasteiger partial charge >= 0.3 is 0 Å². The molecule has 0 unspecified atom stereocenters. The molecular formula is C28H31Cl2N3O4S. The first-order valence-electron chi connectivity index (χ1n) is 12.3. The second kappa shape index (κ2) is 13.6. The molecule has 7 nitrogen and oxygen atoms in total. The zero-order chi connectivity index (χ0) is 27.7. The van der Waals surface area contributed by atoms with Crippen molar-refractivity contribution in [3.63, 3.8) is 0 Å². The molecule has 0 aliphatic heterocycles. The van der Waals surface area contributed by atoms with Gasteiger partial charge in [-0.3, -0.25) is 13.9 Å². The van der Waals surface area contributed by atoms with Crippen molar-refractivity contribution in [2.24, 2.45) is 0 Å². The Morgan fingerprint density at radius 1 is 0.921 bits per heavy atom. The maximum atomic E-state index is 13.8. The Hall–Kier alpha value is -3.07. The lowest BCUT2D eigenvalue weighted by Crippen LogP contribution is -2.52. The Bertz CT molecular complexity index is 1320. The molecule has 0 heterocycles. The lowest BCUT2D eigenvalue weighted by Gasteiger charge is -2.32. The van der Waals surface area contributed by atoms with E-state index in [1.807, 2.05) is 37.3 Å². The number of nitrogens with one attached hydrogen (secondary N) is 1. The number of halogens is 2. The van der Waals surface area contributed by atoms with E-state index in [2.05, 4.69) is 5.32 Å². The van der Waals surface area contributed by atoms with Crippen LogP contribution in [0.1, 0.15) is 25.8 Å². The van der Waals surface area contributed by atoms with E-state index in [1.165, 1.54) is 35.2 Å². The number of hydrogen-bond acceptors (Lipinski definition) is 4. The fraction of sp³-hybridized carbons (Fsp3) is 0.286. The minimum Gasteiger partial charge on any atom is -0.354 e. The number of carbonyl (C=O) groups is 2. The van der Waals surface area contributed by atoms with Crippen molar-refractivity contribution in [2.45, 2.75) is 37.6 Å². The SMILES string of the molecule is CCCNC(=O)[C@@H](C)N(CCc1ccccc1)C(=O)CN(c1cc(Cl)cc(Cl)c1)S(=O)(=O)c1ccccc1. The summed E-state index contributed by atoms with van der Waals surface area (Å²) in [7, 11) is -4.18. The van der Waals surface area contributed by atoms with E-state index in [4.69, 9.17) is 23.2 Å². The predicted octanol–water partition coefficient (Wildman–Crippen LogP) is 5.17. The van der Waals surface area contributed by atoms with Crippen molar-refractivity contribution in [3.05, 3.63) is 94.5 Å². The van der Waals surface area contributed by atoms with Gasteiger partial charge in [0.25, 0.3) is 10.0 Å². The average Bonchev–Trinajstić information content (AvgIpc) is 2.90. The third kappa shape index (κ3) is 7.72. The fourth-order valence-corrected chi connectivity index (χ4v) is 5.83. The minimum absolute atomic E-state index is 0.00784. The molecule has 0 aliphatic rings. The van der Waals surface area contributed by atoms with Crippen LogP contribution in [-0.4, -0.2) is 50.8 Å². The van der Waals surface area contributed by atoms with Gasteiger partial charge in [-0.15, -0.1) is 0 Å². The monoisotopic (exact) mass is 575 g/mol. The molecule has 10 heteroatoms. The van der Waals surface area contributed by atoms with Gasteiger partial charge in [-0.05, 0) is 55.7 Å². The molecule has 1 N–H and O–H groups in total. The number of carbonyl (C=O) groups excluding carboxylic acids is 2. The summed E-state index contributed by atoms with van der Waals surface area (Å²) in [5.74, 6) is -0.841. The Morgan fingerprint density at radius 3 is 2.08 bits per heavy atom.